The standard InChI is InChI=1S/C13H10O3/c1-2-13(15)16-12-8-10(14)7-9-5-3-4-6-11(9)12/h2-8,14H,1H2. The molecule has 0 aromatic heterocycles. The molecule has 0 aliphatic heterocycles. The van der Waals surface area contributed by atoms with Crippen LogP contribution in [0, 0.1) is 0 Å². The highest BCUT2D eigenvalue weighted by Crippen LogP contribution is 2.30. The van der Waals surface area contributed by atoms with Crippen molar-refractivity contribution in [3.05, 3.63) is 49.1 Å². The fraction of sp³-hybridized carbons (Fsp3) is 0. The van der Waals surface area contributed by atoms with E-state index in [1.165, 1.54) is 6.07 Å². The second-order valence-electron chi connectivity index (χ2n) is 3.29. The number of carbonyl (C=O) groups is 1. The monoisotopic (exact) mass is 214 g/mol. The van der Waals surface area contributed by atoms with Crippen LogP contribution in [-0.2, 0) is 4.79 Å². The van der Waals surface area contributed by atoms with Gasteiger partial charge in [-0.1, -0.05) is 30.8 Å². The lowest BCUT2D eigenvalue weighted by molar-refractivity contribution is -0.128. The molecule has 0 bridgehead atoms. The molecule has 3 heteroatoms. The van der Waals surface area contributed by atoms with Crippen LogP contribution in [0.5, 0.6) is 11.5 Å². The third-order valence-electron chi connectivity index (χ3n) is 2.19. The molecule has 0 saturated carbocycles. The Morgan fingerprint density at radius 3 is 2.81 bits per heavy atom. The Morgan fingerprint density at radius 2 is 2.06 bits per heavy atom. The maximum absolute atomic E-state index is 11.1. The van der Waals surface area contributed by atoms with E-state index < -0.39 is 5.97 Å². The number of esters is 1. The van der Waals surface area contributed by atoms with Crippen molar-refractivity contribution in [2.24, 2.45) is 0 Å². The summed E-state index contributed by atoms with van der Waals surface area (Å²) in [7, 11) is 0. The largest absolute Gasteiger partial charge is 0.508 e. The number of hydrogen-bond acceptors (Lipinski definition) is 3. The minimum atomic E-state index is -0.546. The predicted octanol–water partition coefficient (Wildman–Crippen LogP) is 2.64. The first-order valence-corrected chi connectivity index (χ1v) is 4.76. The normalized spacial score (nSPS) is 10.0. The minimum Gasteiger partial charge on any atom is -0.508 e. The van der Waals surface area contributed by atoms with Crippen molar-refractivity contribution in [1.82, 2.24) is 0 Å². The lowest BCUT2D eigenvalue weighted by Gasteiger charge is -2.06. The maximum Gasteiger partial charge on any atom is 0.335 e. The summed E-state index contributed by atoms with van der Waals surface area (Å²) in [6, 6.07) is 10.4. The van der Waals surface area contributed by atoms with E-state index in [4.69, 9.17) is 4.74 Å². The van der Waals surface area contributed by atoms with E-state index in [1.54, 1.807) is 6.07 Å². The Kier molecular flexibility index (Phi) is 2.60. The third-order valence-corrected chi connectivity index (χ3v) is 2.19. The summed E-state index contributed by atoms with van der Waals surface area (Å²) in [5, 5.41) is 11.1. The molecule has 0 atom stereocenters. The third kappa shape index (κ3) is 1.88. The van der Waals surface area contributed by atoms with Crippen LogP contribution < -0.4 is 4.74 Å². The number of benzene rings is 2. The molecule has 2 rings (SSSR count). The number of phenols is 1. The smallest absolute Gasteiger partial charge is 0.335 e. The number of phenolic OH excluding ortho intramolecular Hbond substituents is 1. The van der Waals surface area contributed by atoms with E-state index in [1.807, 2.05) is 24.3 Å². The summed E-state index contributed by atoms with van der Waals surface area (Å²) in [6.45, 7) is 3.32. The number of carbonyl (C=O) groups excluding carboxylic acids is 1. The van der Waals surface area contributed by atoms with E-state index in [0.717, 1.165) is 16.8 Å². The zero-order valence-corrected chi connectivity index (χ0v) is 8.51. The number of aromatic hydroxyl groups is 1. The van der Waals surface area contributed by atoms with Crippen LogP contribution >= 0.6 is 0 Å². The molecule has 2 aromatic rings. The molecule has 0 radical (unpaired) electrons. The molecule has 0 heterocycles. The van der Waals surface area contributed by atoms with Gasteiger partial charge in [-0.05, 0) is 11.5 Å². The average molecular weight is 214 g/mol. The summed E-state index contributed by atoms with van der Waals surface area (Å²) in [5.74, 6) is -0.151. The van der Waals surface area contributed by atoms with Crippen LogP contribution in [-0.4, -0.2) is 11.1 Å². The molecule has 3 nitrogen and oxygen atoms in total. The summed E-state index contributed by atoms with van der Waals surface area (Å²) in [5.41, 5.74) is 0. The van der Waals surface area contributed by atoms with Gasteiger partial charge < -0.3 is 9.84 Å². The molecule has 1 N–H and O–H groups in total. The van der Waals surface area contributed by atoms with Gasteiger partial charge in [0.15, 0.2) is 0 Å². The topological polar surface area (TPSA) is 46.5 Å². The highest BCUT2D eigenvalue weighted by Gasteiger charge is 2.07. The van der Waals surface area contributed by atoms with E-state index in [9.17, 15) is 9.90 Å². The van der Waals surface area contributed by atoms with Gasteiger partial charge in [-0.15, -0.1) is 0 Å². The van der Waals surface area contributed by atoms with Gasteiger partial charge in [-0.2, -0.15) is 0 Å². The second kappa shape index (κ2) is 4.06. The average Bonchev–Trinajstić information content (AvgIpc) is 2.28. The summed E-state index contributed by atoms with van der Waals surface area (Å²) < 4.78 is 5.04. The molecule has 0 unspecified atom stereocenters. The van der Waals surface area contributed by atoms with Crippen molar-refractivity contribution in [3.8, 4) is 11.5 Å². The Morgan fingerprint density at radius 1 is 1.31 bits per heavy atom. The summed E-state index contributed by atoms with van der Waals surface area (Å²) in [4.78, 5) is 11.1. The molecular weight excluding hydrogens is 204 g/mol. The van der Waals surface area contributed by atoms with Gasteiger partial charge in [0.1, 0.15) is 11.5 Å². The van der Waals surface area contributed by atoms with Crippen molar-refractivity contribution < 1.29 is 14.6 Å². The first-order valence-electron chi connectivity index (χ1n) is 4.76. The van der Waals surface area contributed by atoms with Gasteiger partial charge >= 0.3 is 5.97 Å². The predicted molar refractivity (Wildman–Crippen MR) is 61.4 cm³/mol. The molecule has 0 saturated heterocycles. The highest BCUT2D eigenvalue weighted by molar-refractivity contribution is 5.93. The Hall–Kier alpha value is -2.29. The van der Waals surface area contributed by atoms with Gasteiger partial charge in [0, 0.05) is 17.5 Å². The van der Waals surface area contributed by atoms with Crippen molar-refractivity contribution in [1.29, 1.82) is 0 Å². The maximum atomic E-state index is 11.1. The molecule has 80 valence electrons. The van der Waals surface area contributed by atoms with Crippen LogP contribution in [0.4, 0.5) is 0 Å². The van der Waals surface area contributed by atoms with Crippen molar-refractivity contribution in [2.75, 3.05) is 0 Å². The van der Waals surface area contributed by atoms with Gasteiger partial charge in [-0.3, -0.25) is 0 Å². The number of hydrogen-bond donors (Lipinski definition) is 1. The number of rotatable bonds is 2. The molecule has 0 spiro atoms. The fourth-order valence-electron chi connectivity index (χ4n) is 1.49. The fourth-order valence-corrected chi connectivity index (χ4v) is 1.49. The van der Waals surface area contributed by atoms with Crippen LogP contribution in [0.2, 0.25) is 0 Å². The van der Waals surface area contributed by atoms with Crippen LogP contribution in [0.3, 0.4) is 0 Å². The SMILES string of the molecule is C=CC(=O)Oc1cc(O)cc2ccccc12. The molecule has 0 aliphatic carbocycles. The first-order chi connectivity index (χ1) is 7.70. The molecule has 0 aliphatic rings. The second-order valence-corrected chi connectivity index (χ2v) is 3.29. The zero-order chi connectivity index (χ0) is 11.5. The Labute approximate surface area is 92.6 Å². The van der Waals surface area contributed by atoms with Crippen LogP contribution in [0.1, 0.15) is 0 Å². The van der Waals surface area contributed by atoms with E-state index in [-0.39, 0.29) is 5.75 Å². The molecule has 2 aromatic carbocycles. The molecular formula is C13H10O3. The van der Waals surface area contributed by atoms with Crippen molar-refractivity contribution in [2.45, 2.75) is 0 Å². The minimum absolute atomic E-state index is 0.0607. The van der Waals surface area contributed by atoms with Gasteiger partial charge in [0.05, 0.1) is 0 Å². The Bertz CT molecular complexity index is 558. The van der Waals surface area contributed by atoms with Crippen LogP contribution in [0.25, 0.3) is 10.8 Å². The van der Waals surface area contributed by atoms with E-state index in [2.05, 4.69) is 6.58 Å². The quantitative estimate of drug-likeness (QED) is 0.475. The molecule has 0 fully saturated rings. The van der Waals surface area contributed by atoms with Crippen LogP contribution in [0.15, 0.2) is 49.1 Å². The van der Waals surface area contributed by atoms with Gasteiger partial charge in [-0.25, -0.2) is 4.79 Å². The summed E-state index contributed by atoms with van der Waals surface area (Å²) >= 11 is 0. The summed E-state index contributed by atoms with van der Waals surface area (Å²) in [6.07, 6.45) is 1.08. The zero-order valence-electron chi connectivity index (χ0n) is 8.51. The molecule has 0 amide bonds. The van der Waals surface area contributed by atoms with E-state index in [0.29, 0.717) is 5.75 Å². The van der Waals surface area contributed by atoms with Gasteiger partial charge in [0.2, 0.25) is 0 Å². The Balaban J connectivity index is 2.58. The highest BCUT2D eigenvalue weighted by atomic mass is 16.5. The van der Waals surface area contributed by atoms with Crippen molar-refractivity contribution in [3.63, 3.8) is 0 Å². The number of fused-ring (bicyclic) bond motifs is 1. The van der Waals surface area contributed by atoms with Gasteiger partial charge in [0.25, 0.3) is 0 Å². The lowest BCUT2D eigenvalue weighted by Crippen LogP contribution is -2.03. The number of ether oxygens (including phenoxy) is 1. The van der Waals surface area contributed by atoms with E-state index >= 15 is 0 Å². The van der Waals surface area contributed by atoms with Crippen molar-refractivity contribution >= 4 is 16.7 Å². The first kappa shape index (κ1) is 10.2. The molecule has 16 heavy (non-hydrogen) atoms. The lowest BCUT2D eigenvalue weighted by atomic mass is 10.1.